The first-order valence-electron chi connectivity index (χ1n) is 6.61. The zero-order valence-corrected chi connectivity index (χ0v) is 11.2. The predicted octanol–water partition coefficient (Wildman–Crippen LogP) is 2.85. The highest BCUT2D eigenvalue weighted by Gasteiger charge is 2.21. The summed E-state index contributed by atoms with van der Waals surface area (Å²) in [6.45, 7) is 3.68. The lowest BCUT2D eigenvalue weighted by Crippen LogP contribution is -2.18. The molecule has 1 aliphatic heterocycles. The van der Waals surface area contributed by atoms with Crippen molar-refractivity contribution in [2.45, 2.75) is 32.3 Å². The van der Waals surface area contributed by atoms with Gasteiger partial charge in [0.15, 0.2) is 0 Å². The van der Waals surface area contributed by atoms with Gasteiger partial charge in [0, 0.05) is 18.8 Å². The summed E-state index contributed by atoms with van der Waals surface area (Å²) in [5.41, 5.74) is 2.06. The van der Waals surface area contributed by atoms with Crippen LogP contribution in [-0.2, 0) is 4.74 Å². The van der Waals surface area contributed by atoms with Gasteiger partial charge in [-0.15, -0.1) is 0 Å². The second-order valence-electron chi connectivity index (χ2n) is 5.05. The van der Waals surface area contributed by atoms with Gasteiger partial charge in [-0.3, -0.25) is 0 Å². The normalized spacial score (nSPS) is 18.6. The third-order valence-corrected chi connectivity index (χ3v) is 3.64. The first-order valence-corrected chi connectivity index (χ1v) is 6.61. The van der Waals surface area contributed by atoms with Crippen LogP contribution in [0, 0.1) is 12.8 Å². The molecule has 3 nitrogen and oxygen atoms in total. The van der Waals surface area contributed by atoms with Gasteiger partial charge >= 0.3 is 0 Å². The second-order valence-corrected chi connectivity index (χ2v) is 5.05. The topological polar surface area (TPSA) is 38.7 Å². The fourth-order valence-corrected chi connectivity index (χ4v) is 2.54. The SMILES string of the molecule is COc1ccc(C)cc1C(O)CC1CCOCC1. The molecule has 100 valence electrons. The van der Waals surface area contributed by atoms with Crippen LogP contribution >= 0.6 is 0 Å². The molecule has 0 aromatic heterocycles. The molecule has 0 bridgehead atoms. The zero-order chi connectivity index (χ0) is 13.0. The molecule has 1 N–H and O–H groups in total. The molecule has 1 aromatic carbocycles. The van der Waals surface area contributed by atoms with Crippen molar-refractivity contribution in [2.24, 2.45) is 5.92 Å². The number of rotatable bonds is 4. The van der Waals surface area contributed by atoms with Crippen molar-refractivity contribution < 1.29 is 14.6 Å². The van der Waals surface area contributed by atoms with Crippen LogP contribution in [0.5, 0.6) is 5.75 Å². The third-order valence-electron chi connectivity index (χ3n) is 3.64. The van der Waals surface area contributed by atoms with E-state index in [4.69, 9.17) is 9.47 Å². The van der Waals surface area contributed by atoms with Crippen molar-refractivity contribution in [3.8, 4) is 5.75 Å². The number of aliphatic hydroxyl groups excluding tert-OH is 1. The Morgan fingerprint density at radius 2 is 2.11 bits per heavy atom. The highest BCUT2D eigenvalue weighted by molar-refractivity contribution is 5.38. The summed E-state index contributed by atoms with van der Waals surface area (Å²) < 4.78 is 10.7. The Morgan fingerprint density at radius 1 is 1.39 bits per heavy atom. The molecule has 0 aliphatic carbocycles. The quantitative estimate of drug-likeness (QED) is 0.893. The lowest BCUT2D eigenvalue weighted by Gasteiger charge is -2.25. The van der Waals surface area contributed by atoms with E-state index in [-0.39, 0.29) is 0 Å². The van der Waals surface area contributed by atoms with Crippen LogP contribution in [0.4, 0.5) is 0 Å². The van der Waals surface area contributed by atoms with Gasteiger partial charge in [0.25, 0.3) is 0 Å². The highest BCUT2D eigenvalue weighted by atomic mass is 16.5. The highest BCUT2D eigenvalue weighted by Crippen LogP contribution is 2.32. The van der Waals surface area contributed by atoms with E-state index in [2.05, 4.69) is 0 Å². The predicted molar refractivity (Wildman–Crippen MR) is 70.9 cm³/mol. The van der Waals surface area contributed by atoms with Crippen molar-refractivity contribution >= 4 is 0 Å². The molecule has 1 unspecified atom stereocenters. The molecule has 0 spiro atoms. The van der Waals surface area contributed by atoms with E-state index in [9.17, 15) is 5.11 Å². The lowest BCUT2D eigenvalue weighted by atomic mass is 9.90. The Bertz CT molecular complexity index is 383. The number of aryl methyl sites for hydroxylation is 1. The summed E-state index contributed by atoms with van der Waals surface area (Å²) >= 11 is 0. The number of hydrogen-bond acceptors (Lipinski definition) is 3. The van der Waals surface area contributed by atoms with Gasteiger partial charge in [-0.1, -0.05) is 11.6 Å². The van der Waals surface area contributed by atoms with E-state index in [1.54, 1.807) is 7.11 Å². The second kappa shape index (κ2) is 6.21. The lowest BCUT2D eigenvalue weighted by molar-refractivity contribution is 0.0430. The smallest absolute Gasteiger partial charge is 0.124 e. The van der Waals surface area contributed by atoms with Crippen LogP contribution in [-0.4, -0.2) is 25.4 Å². The summed E-state index contributed by atoms with van der Waals surface area (Å²) in [7, 11) is 1.65. The number of aliphatic hydroxyl groups is 1. The Morgan fingerprint density at radius 3 is 2.78 bits per heavy atom. The summed E-state index contributed by atoms with van der Waals surface area (Å²) in [6.07, 6.45) is 2.45. The maximum atomic E-state index is 10.4. The Balaban J connectivity index is 2.07. The Hall–Kier alpha value is -1.06. The summed E-state index contributed by atoms with van der Waals surface area (Å²) in [6, 6.07) is 5.95. The maximum absolute atomic E-state index is 10.4. The number of hydrogen-bond donors (Lipinski definition) is 1. The van der Waals surface area contributed by atoms with E-state index < -0.39 is 6.10 Å². The molecule has 1 aromatic rings. The van der Waals surface area contributed by atoms with Gasteiger partial charge in [-0.05, 0) is 44.2 Å². The van der Waals surface area contributed by atoms with E-state index in [1.807, 2.05) is 25.1 Å². The van der Waals surface area contributed by atoms with Crippen molar-refractivity contribution in [3.63, 3.8) is 0 Å². The average Bonchev–Trinajstić information content (AvgIpc) is 2.40. The standard InChI is InChI=1S/C15H22O3/c1-11-3-4-15(17-2)13(9-11)14(16)10-12-5-7-18-8-6-12/h3-4,9,12,14,16H,5-8,10H2,1-2H3. The van der Waals surface area contributed by atoms with Crippen LogP contribution in [0.1, 0.15) is 36.5 Å². The minimum Gasteiger partial charge on any atom is -0.496 e. The number of benzene rings is 1. The largest absolute Gasteiger partial charge is 0.496 e. The van der Waals surface area contributed by atoms with Crippen LogP contribution in [0.25, 0.3) is 0 Å². The molecular weight excluding hydrogens is 228 g/mol. The van der Waals surface area contributed by atoms with Crippen molar-refractivity contribution in [1.82, 2.24) is 0 Å². The molecule has 0 radical (unpaired) electrons. The Labute approximate surface area is 109 Å². The van der Waals surface area contributed by atoms with E-state index in [0.29, 0.717) is 5.92 Å². The zero-order valence-electron chi connectivity index (χ0n) is 11.2. The molecular formula is C15H22O3. The van der Waals surface area contributed by atoms with Crippen LogP contribution in [0.2, 0.25) is 0 Å². The fraction of sp³-hybridized carbons (Fsp3) is 0.600. The minimum atomic E-state index is -0.442. The van der Waals surface area contributed by atoms with Gasteiger partial charge in [-0.25, -0.2) is 0 Å². The first kappa shape index (κ1) is 13.4. The minimum absolute atomic E-state index is 0.442. The van der Waals surface area contributed by atoms with Crippen LogP contribution in [0.3, 0.4) is 0 Å². The summed E-state index contributed by atoms with van der Waals surface area (Å²) in [5.74, 6) is 1.33. The molecule has 0 amide bonds. The molecule has 0 saturated carbocycles. The molecule has 1 fully saturated rings. The molecule has 1 saturated heterocycles. The third kappa shape index (κ3) is 3.24. The Kier molecular flexibility index (Phi) is 4.61. The average molecular weight is 250 g/mol. The maximum Gasteiger partial charge on any atom is 0.124 e. The van der Waals surface area contributed by atoms with E-state index in [1.165, 1.54) is 0 Å². The number of methoxy groups -OCH3 is 1. The van der Waals surface area contributed by atoms with Gasteiger partial charge in [0.1, 0.15) is 5.75 Å². The van der Waals surface area contributed by atoms with E-state index in [0.717, 1.165) is 49.4 Å². The van der Waals surface area contributed by atoms with Crippen LogP contribution < -0.4 is 4.74 Å². The molecule has 1 aliphatic rings. The fourth-order valence-electron chi connectivity index (χ4n) is 2.54. The summed E-state index contributed by atoms with van der Waals surface area (Å²) in [4.78, 5) is 0. The van der Waals surface area contributed by atoms with Gasteiger partial charge in [-0.2, -0.15) is 0 Å². The van der Waals surface area contributed by atoms with E-state index >= 15 is 0 Å². The molecule has 3 heteroatoms. The van der Waals surface area contributed by atoms with Crippen molar-refractivity contribution in [3.05, 3.63) is 29.3 Å². The molecule has 1 atom stereocenters. The van der Waals surface area contributed by atoms with Gasteiger partial charge < -0.3 is 14.6 Å². The van der Waals surface area contributed by atoms with Gasteiger partial charge in [0.05, 0.1) is 13.2 Å². The van der Waals surface area contributed by atoms with Crippen LogP contribution in [0.15, 0.2) is 18.2 Å². The molecule has 1 heterocycles. The molecule has 18 heavy (non-hydrogen) atoms. The summed E-state index contributed by atoms with van der Waals surface area (Å²) in [5, 5.41) is 10.4. The monoisotopic (exact) mass is 250 g/mol. The molecule has 2 rings (SSSR count). The van der Waals surface area contributed by atoms with Crippen molar-refractivity contribution in [1.29, 1.82) is 0 Å². The van der Waals surface area contributed by atoms with Crippen molar-refractivity contribution in [2.75, 3.05) is 20.3 Å². The number of ether oxygens (including phenoxy) is 2. The van der Waals surface area contributed by atoms with Gasteiger partial charge in [0.2, 0.25) is 0 Å². The first-order chi connectivity index (χ1) is 8.70.